The van der Waals surface area contributed by atoms with E-state index in [1.54, 1.807) is 59.8 Å². The number of hydrogen-bond donors (Lipinski definition) is 1. The van der Waals surface area contributed by atoms with Gasteiger partial charge in [0.15, 0.2) is 5.92 Å². The van der Waals surface area contributed by atoms with Gasteiger partial charge in [0.05, 0.1) is 51.1 Å². The molecule has 0 radical (unpaired) electrons. The van der Waals surface area contributed by atoms with E-state index in [2.05, 4.69) is 21.8 Å². The van der Waals surface area contributed by atoms with Crippen molar-refractivity contribution in [3.63, 3.8) is 0 Å². The summed E-state index contributed by atoms with van der Waals surface area (Å²) in [7, 11) is 3.72. The molecule has 74 heavy (non-hydrogen) atoms. The van der Waals surface area contributed by atoms with Crippen LogP contribution in [0.1, 0.15) is 52.4 Å². The summed E-state index contributed by atoms with van der Waals surface area (Å²) in [4.78, 5) is 104. The first-order valence-electron chi connectivity index (χ1n) is 24.1. The fraction of sp³-hybridized carbons (Fsp3) is 0.345. The number of nitrogens with zero attached hydrogens (tertiary/aromatic N) is 6. The number of benzene rings is 4. The minimum Gasteiger partial charge on any atom is -0.491 e. The van der Waals surface area contributed by atoms with E-state index < -0.39 is 77.3 Å². The summed E-state index contributed by atoms with van der Waals surface area (Å²) in [5.41, 5.74) is -0.0566. The van der Waals surface area contributed by atoms with Crippen LogP contribution in [0, 0.1) is 23.7 Å². The van der Waals surface area contributed by atoms with Gasteiger partial charge in [-0.3, -0.25) is 28.9 Å². The quantitative estimate of drug-likeness (QED) is 0.0538. The van der Waals surface area contributed by atoms with Crippen molar-refractivity contribution < 1.29 is 62.3 Å². The molecule has 19 nitrogen and oxygen atoms in total. The molecule has 6 atom stereocenters. The van der Waals surface area contributed by atoms with Crippen molar-refractivity contribution in [2.45, 2.75) is 36.1 Å². The average molecular weight is 1010 g/mol. The number of methoxy groups -OCH3 is 3. The maximum Gasteiger partial charge on any atom is 0.421 e. The summed E-state index contributed by atoms with van der Waals surface area (Å²) in [5.74, 6) is -0.323. The number of aliphatic hydroxyl groups is 1. The number of hydrogen-bond acceptors (Lipinski definition) is 17. The lowest BCUT2D eigenvalue weighted by atomic mass is 9.64. The Labute approximate surface area is 426 Å². The topological polar surface area (TPSA) is 217 Å². The highest BCUT2D eigenvalue weighted by molar-refractivity contribution is 6.23. The number of piperazine rings is 1. The number of aromatic nitrogens is 2. The third-order valence-corrected chi connectivity index (χ3v) is 13.9. The predicted molar refractivity (Wildman–Crippen MR) is 264 cm³/mol. The van der Waals surface area contributed by atoms with E-state index in [4.69, 9.17) is 28.4 Å². The van der Waals surface area contributed by atoms with Crippen molar-refractivity contribution in [3.8, 4) is 17.6 Å². The van der Waals surface area contributed by atoms with Gasteiger partial charge in [-0.2, -0.15) is 0 Å². The van der Waals surface area contributed by atoms with E-state index in [1.807, 2.05) is 70.5 Å². The molecule has 3 amide bonds. The molecule has 3 saturated heterocycles. The van der Waals surface area contributed by atoms with Crippen molar-refractivity contribution >= 4 is 47.5 Å². The third-order valence-electron chi connectivity index (χ3n) is 13.9. The summed E-state index contributed by atoms with van der Waals surface area (Å²) in [6, 6.07) is 28.1. The van der Waals surface area contributed by atoms with E-state index in [-0.39, 0.29) is 68.5 Å². The Morgan fingerprint density at radius 3 is 2.11 bits per heavy atom. The number of anilines is 2. The van der Waals surface area contributed by atoms with E-state index in [0.29, 0.717) is 35.7 Å². The highest BCUT2D eigenvalue weighted by atomic mass is 16.6. The van der Waals surface area contributed by atoms with Crippen LogP contribution >= 0.6 is 0 Å². The highest BCUT2D eigenvalue weighted by Crippen LogP contribution is 2.67. The second-order valence-corrected chi connectivity index (χ2v) is 17.8. The number of aliphatic hydroxyl groups excluding tert-OH is 1. The van der Waals surface area contributed by atoms with E-state index in [9.17, 15) is 19.5 Å². The van der Waals surface area contributed by atoms with Gasteiger partial charge in [-0.15, -0.1) is 0 Å². The number of rotatable bonds is 14. The Morgan fingerprint density at radius 1 is 0.784 bits per heavy atom. The number of morpholine rings is 1. The zero-order chi connectivity index (χ0) is 51.9. The Kier molecular flexibility index (Phi) is 15.3. The average Bonchev–Trinajstić information content (AvgIpc) is 3.90. The molecule has 4 aliphatic heterocycles. The van der Waals surface area contributed by atoms with Crippen LogP contribution in [0.3, 0.4) is 0 Å². The predicted octanol–water partition coefficient (Wildman–Crippen LogP) is 4.35. The lowest BCUT2D eigenvalue weighted by Gasteiger charge is -2.46. The normalized spacial score (nSPS) is 22.1. The van der Waals surface area contributed by atoms with Crippen LogP contribution in [-0.4, -0.2) is 141 Å². The SMILES string of the molecule is COCCOC(=O)N1C(=O)[C@@]2(c3cc(C#CCC(C(=O)OC)C(=O)OC)ccc31)[C@H](C(=O)N1CCN(c3ncccn3)CC1)[C@H]1C(=O)O[C@H](c3ccccc3)[C@H](c3ccccc3)N1[C@@H]2c1ccccc1OCCO. The molecular formula is C55H54N6O13. The molecule has 0 saturated carbocycles. The van der Waals surface area contributed by atoms with Crippen molar-refractivity contribution in [1.29, 1.82) is 0 Å². The molecule has 1 aromatic heterocycles. The minimum atomic E-state index is -2.20. The second kappa shape index (κ2) is 22.3. The monoisotopic (exact) mass is 1010 g/mol. The summed E-state index contributed by atoms with van der Waals surface area (Å²) in [6.45, 7) is 0.118. The van der Waals surface area contributed by atoms with Gasteiger partial charge in [-0.05, 0) is 47.0 Å². The first-order valence-corrected chi connectivity index (χ1v) is 24.1. The number of esters is 3. The van der Waals surface area contributed by atoms with Crippen LogP contribution in [0.2, 0.25) is 0 Å². The number of fused-ring (bicyclic) bond motifs is 3. The number of amides is 3. The van der Waals surface area contributed by atoms with Crippen LogP contribution in [0.25, 0.3) is 0 Å². The van der Waals surface area contributed by atoms with Gasteiger partial charge in [0, 0.05) is 63.2 Å². The van der Waals surface area contributed by atoms with Crippen molar-refractivity contribution in [1.82, 2.24) is 19.8 Å². The van der Waals surface area contributed by atoms with E-state index in [0.717, 1.165) is 19.1 Å². The molecule has 19 heteroatoms. The Hall–Kier alpha value is -8.18. The van der Waals surface area contributed by atoms with Crippen LogP contribution in [0.5, 0.6) is 5.75 Å². The number of imide groups is 1. The molecule has 0 aliphatic carbocycles. The number of ether oxygens (including phenoxy) is 6. The van der Waals surface area contributed by atoms with Gasteiger partial charge >= 0.3 is 24.0 Å². The second-order valence-electron chi connectivity index (χ2n) is 17.8. The Balaban J connectivity index is 1.33. The highest BCUT2D eigenvalue weighted by Gasteiger charge is 2.76. The molecule has 5 aromatic rings. The molecule has 0 unspecified atom stereocenters. The van der Waals surface area contributed by atoms with E-state index >= 15 is 14.4 Å². The van der Waals surface area contributed by atoms with Gasteiger partial charge in [0.1, 0.15) is 36.5 Å². The van der Waals surface area contributed by atoms with Crippen LogP contribution in [0.15, 0.2) is 122 Å². The van der Waals surface area contributed by atoms with Crippen LogP contribution in [0.4, 0.5) is 16.4 Å². The third kappa shape index (κ3) is 9.27. The summed E-state index contributed by atoms with van der Waals surface area (Å²) in [5, 5.41) is 10.2. The standard InChI is InChI=1S/C55H54N6O13/c1-69-32-33-73-54(68)60-41-23-22-35(14-12-20-39(49(64)70-2)50(65)71-3)34-40(41)55(52(60)67)43(48(63)58-26-28-59(29-27-58)53-56-24-13-25-57-53)45-51(66)74-46(37-17-8-5-9-18-37)44(36-15-6-4-7-16-36)61(45)47(55)38-19-10-11-21-42(38)72-31-30-62/h4-11,13,15-19,21-25,34,39,43-47,62H,20,26-33H2,1-3H3/t43-,44-,45-,46+,47+,55-/m0/s1. The molecule has 4 aromatic carbocycles. The molecule has 382 valence electrons. The molecular weight excluding hydrogens is 953 g/mol. The first-order chi connectivity index (χ1) is 36.1. The first kappa shape index (κ1) is 50.7. The van der Waals surface area contributed by atoms with Crippen molar-refractivity contribution in [3.05, 3.63) is 149 Å². The van der Waals surface area contributed by atoms with Gasteiger partial charge < -0.3 is 43.3 Å². The lowest BCUT2D eigenvalue weighted by Crippen LogP contribution is -2.59. The zero-order valence-corrected chi connectivity index (χ0v) is 40.9. The Bertz CT molecular complexity index is 2930. The fourth-order valence-electron chi connectivity index (χ4n) is 10.8. The minimum absolute atomic E-state index is 0.000924. The van der Waals surface area contributed by atoms with Gasteiger partial charge in [-0.1, -0.05) is 90.7 Å². The molecule has 5 heterocycles. The largest absolute Gasteiger partial charge is 0.491 e. The zero-order valence-electron chi connectivity index (χ0n) is 40.9. The summed E-state index contributed by atoms with van der Waals surface area (Å²) >= 11 is 0. The van der Waals surface area contributed by atoms with Crippen LogP contribution in [-0.2, 0) is 53.1 Å². The van der Waals surface area contributed by atoms with Gasteiger partial charge in [0.2, 0.25) is 17.8 Å². The van der Waals surface area contributed by atoms with Gasteiger partial charge in [0.25, 0.3) is 0 Å². The van der Waals surface area contributed by atoms with Crippen molar-refractivity contribution in [2.75, 3.05) is 83.7 Å². The van der Waals surface area contributed by atoms with Gasteiger partial charge in [-0.25, -0.2) is 19.7 Å². The number of carbonyl (C=O) groups excluding carboxylic acids is 6. The Morgan fingerprint density at radius 2 is 1.45 bits per heavy atom. The fourth-order valence-corrected chi connectivity index (χ4v) is 10.8. The molecule has 1 N–H and O–H groups in total. The molecule has 0 bridgehead atoms. The lowest BCUT2D eigenvalue weighted by molar-refractivity contribution is -0.179. The molecule has 9 rings (SSSR count). The van der Waals surface area contributed by atoms with Crippen LogP contribution < -0.4 is 14.5 Å². The summed E-state index contributed by atoms with van der Waals surface area (Å²) < 4.78 is 33.6. The molecule has 3 fully saturated rings. The maximum atomic E-state index is 16.7. The molecule has 1 spiro atoms. The molecule has 4 aliphatic rings. The summed E-state index contributed by atoms with van der Waals surface area (Å²) in [6.07, 6.45) is 0.882. The smallest absolute Gasteiger partial charge is 0.421 e. The number of para-hydroxylation sites is 1. The van der Waals surface area contributed by atoms with Crippen molar-refractivity contribution in [2.24, 2.45) is 11.8 Å². The van der Waals surface area contributed by atoms with E-state index in [1.165, 1.54) is 13.2 Å². The maximum absolute atomic E-state index is 16.7. The number of carbonyl (C=O) groups is 6. The number of cyclic esters (lactones) is 1.